The van der Waals surface area contributed by atoms with Crippen LogP contribution in [0.2, 0.25) is 5.15 Å². The second-order valence-electron chi connectivity index (χ2n) is 6.46. The summed E-state index contributed by atoms with van der Waals surface area (Å²) in [4.78, 5) is 9.32. The molecule has 0 amide bonds. The number of hydrogen-bond acceptors (Lipinski definition) is 3. The lowest BCUT2D eigenvalue weighted by Crippen LogP contribution is -2.59. The van der Waals surface area contributed by atoms with Gasteiger partial charge in [-0.2, -0.15) is 0 Å². The molecule has 22 heavy (non-hydrogen) atoms. The van der Waals surface area contributed by atoms with E-state index in [1.807, 2.05) is 18.2 Å². The predicted molar refractivity (Wildman–Crippen MR) is 92.4 cm³/mol. The van der Waals surface area contributed by atoms with Crippen LogP contribution in [0.5, 0.6) is 0 Å². The highest BCUT2D eigenvalue weighted by Gasteiger charge is 2.34. The van der Waals surface area contributed by atoms with Gasteiger partial charge in [-0.1, -0.05) is 48.0 Å². The predicted octanol–water partition coefficient (Wildman–Crippen LogP) is 3.84. The number of benzene rings is 1. The number of aromatic nitrogens is 1. The maximum absolute atomic E-state index is 6.02. The maximum atomic E-state index is 6.02. The van der Waals surface area contributed by atoms with E-state index in [9.17, 15) is 0 Å². The van der Waals surface area contributed by atoms with Gasteiger partial charge in [0, 0.05) is 31.7 Å². The third-order valence-corrected chi connectivity index (χ3v) is 4.52. The van der Waals surface area contributed by atoms with Crippen molar-refractivity contribution < 1.29 is 0 Å². The van der Waals surface area contributed by atoms with Gasteiger partial charge >= 0.3 is 0 Å². The molecule has 2 heterocycles. The molecule has 0 unspecified atom stereocenters. The first-order chi connectivity index (χ1) is 10.5. The molecule has 0 saturated carbocycles. The Kier molecular flexibility index (Phi) is 4.37. The summed E-state index contributed by atoms with van der Waals surface area (Å²) in [5.74, 6) is 0.972. The van der Waals surface area contributed by atoms with Gasteiger partial charge in [0.2, 0.25) is 0 Å². The van der Waals surface area contributed by atoms with Gasteiger partial charge in [-0.15, -0.1) is 0 Å². The molecule has 0 aliphatic carbocycles. The van der Waals surface area contributed by atoms with Crippen LogP contribution >= 0.6 is 11.6 Å². The van der Waals surface area contributed by atoms with Gasteiger partial charge in [0.25, 0.3) is 0 Å². The number of rotatable bonds is 3. The average Bonchev–Trinajstić information content (AvgIpc) is 2.50. The molecule has 0 N–H and O–H groups in total. The molecular formula is C18H22ClN3. The van der Waals surface area contributed by atoms with Gasteiger partial charge < -0.3 is 4.90 Å². The first-order valence-corrected chi connectivity index (χ1v) is 8.09. The van der Waals surface area contributed by atoms with E-state index < -0.39 is 0 Å². The molecule has 1 aromatic carbocycles. The summed E-state index contributed by atoms with van der Waals surface area (Å²) < 4.78 is 0. The van der Waals surface area contributed by atoms with Gasteiger partial charge in [-0.05, 0) is 31.5 Å². The van der Waals surface area contributed by atoms with Crippen LogP contribution in [0.4, 0.5) is 5.82 Å². The first kappa shape index (κ1) is 15.3. The van der Waals surface area contributed by atoms with Crippen molar-refractivity contribution in [2.75, 3.05) is 24.5 Å². The molecule has 1 fully saturated rings. The minimum absolute atomic E-state index is 0.0953. The molecule has 0 atom stereocenters. The zero-order valence-electron chi connectivity index (χ0n) is 13.2. The summed E-state index contributed by atoms with van der Waals surface area (Å²) in [6.07, 6.45) is 0. The largest absolute Gasteiger partial charge is 0.353 e. The van der Waals surface area contributed by atoms with Crippen molar-refractivity contribution >= 4 is 17.4 Å². The van der Waals surface area contributed by atoms with E-state index in [4.69, 9.17) is 11.6 Å². The Balaban J connectivity index is 1.72. The molecule has 3 nitrogen and oxygen atoms in total. The second kappa shape index (κ2) is 6.27. The summed E-state index contributed by atoms with van der Waals surface area (Å²) in [6.45, 7) is 8.54. The molecule has 116 valence electrons. The number of pyridine rings is 1. The van der Waals surface area contributed by atoms with Crippen LogP contribution in [0.1, 0.15) is 19.4 Å². The lowest BCUT2D eigenvalue weighted by atomic mass is 9.97. The van der Waals surface area contributed by atoms with Crippen LogP contribution in [-0.4, -0.2) is 35.1 Å². The molecule has 3 rings (SSSR count). The Labute approximate surface area is 137 Å². The van der Waals surface area contributed by atoms with Crippen molar-refractivity contribution in [2.24, 2.45) is 0 Å². The Hall–Kier alpha value is -1.58. The lowest BCUT2D eigenvalue weighted by molar-refractivity contribution is 0.0959. The molecule has 0 bridgehead atoms. The molecule has 1 aromatic heterocycles. The summed E-state index contributed by atoms with van der Waals surface area (Å²) in [6, 6.07) is 16.5. The van der Waals surface area contributed by atoms with Crippen LogP contribution < -0.4 is 4.90 Å². The monoisotopic (exact) mass is 315 g/mol. The Bertz CT molecular complexity index is 627. The van der Waals surface area contributed by atoms with Gasteiger partial charge in [0.15, 0.2) is 0 Å². The zero-order valence-corrected chi connectivity index (χ0v) is 13.9. The molecule has 2 aromatic rings. The van der Waals surface area contributed by atoms with Crippen molar-refractivity contribution in [3.63, 3.8) is 0 Å². The molecule has 0 radical (unpaired) electrons. The number of hydrogen-bond donors (Lipinski definition) is 0. The summed E-state index contributed by atoms with van der Waals surface area (Å²) in [5.41, 5.74) is 1.46. The van der Waals surface area contributed by atoms with Crippen molar-refractivity contribution in [3.05, 3.63) is 59.2 Å². The number of nitrogens with zero attached hydrogens (tertiary/aromatic N) is 3. The molecular weight excluding hydrogens is 294 g/mol. The van der Waals surface area contributed by atoms with Gasteiger partial charge in [-0.25, -0.2) is 4.98 Å². The molecule has 4 heteroatoms. The summed E-state index contributed by atoms with van der Waals surface area (Å²) in [5, 5.41) is 0.557. The van der Waals surface area contributed by atoms with Crippen LogP contribution in [0.3, 0.4) is 0 Å². The van der Waals surface area contributed by atoms with Gasteiger partial charge in [0.05, 0.1) is 0 Å². The number of halogens is 1. The average molecular weight is 316 g/mol. The Morgan fingerprint density at radius 3 is 2.50 bits per heavy atom. The normalized spacial score (nSPS) is 18.4. The van der Waals surface area contributed by atoms with Crippen molar-refractivity contribution in [2.45, 2.75) is 25.9 Å². The lowest BCUT2D eigenvalue weighted by Gasteiger charge is -2.47. The van der Waals surface area contributed by atoms with Crippen molar-refractivity contribution in [1.82, 2.24) is 9.88 Å². The smallest absolute Gasteiger partial charge is 0.131 e. The van der Waals surface area contributed by atoms with E-state index in [1.54, 1.807) is 0 Å². The fourth-order valence-electron chi connectivity index (χ4n) is 3.06. The summed E-state index contributed by atoms with van der Waals surface area (Å²) >= 11 is 6.02. The molecule has 1 saturated heterocycles. The quantitative estimate of drug-likeness (QED) is 0.802. The van der Waals surface area contributed by atoms with E-state index in [0.29, 0.717) is 5.15 Å². The van der Waals surface area contributed by atoms with Crippen LogP contribution in [0.15, 0.2) is 48.5 Å². The van der Waals surface area contributed by atoms with E-state index in [2.05, 4.69) is 59.0 Å². The maximum Gasteiger partial charge on any atom is 0.131 e. The third-order valence-electron chi connectivity index (χ3n) is 4.31. The number of piperazine rings is 1. The van der Waals surface area contributed by atoms with Gasteiger partial charge in [-0.3, -0.25) is 4.90 Å². The summed E-state index contributed by atoms with van der Waals surface area (Å²) in [7, 11) is 0. The molecule has 1 aliphatic heterocycles. The van der Waals surface area contributed by atoms with Gasteiger partial charge in [0.1, 0.15) is 11.0 Å². The zero-order chi connectivity index (χ0) is 15.6. The molecule has 1 aliphatic rings. The fourth-order valence-corrected chi connectivity index (χ4v) is 3.22. The van der Waals surface area contributed by atoms with E-state index in [-0.39, 0.29) is 5.54 Å². The van der Waals surface area contributed by atoms with Crippen LogP contribution in [0, 0.1) is 0 Å². The highest BCUT2D eigenvalue weighted by atomic mass is 35.5. The van der Waals surface area contributed by atoms with Crippen molar-refractivity contribution in [3.8, 4) is 0 Å². The molecule has 0 spiro atoms. The SMILES string of the molecule is CC1(C)CN(c2cccc(Cl)n2)CCN1Cc1ccccc1. The number of anilines is 1. The van der Waals surface area contributed by atoms with Crippen LogP contribution in [-0.2, 0) is 6.54 Å². The second-order valence-corrected chi connectivity index (χ2v) is 6.85. The van der Waals surface area contributed by atoms with Crippen LogP contribution in [0.25, 0.3) is 0 Å². The minimum atomic E-state index is 0.0953. The Morgan fingerprint density at radius 2 is 1.82 bits per heavy atom. The topological polar surface area (TPSA) is 19.4 Å². The third kappa shape index (κ3) is 3.42. The van der Waals surface area contributed by atoms with Crippen molar-refractivity contribution in [1.29, 1.82) is 0 Å². The standard InChI is InChI=1S/C18H22ClN3/c1-18(2)14-21(17-10-6-9-16(19)20-17)11-12-22(18)13-15-7-4-3-5-8-15/h3-10H,11-14H2,1-2H3. The van der Waals surface area contributed by atoms with E-state index >= 15 is 0 Å². The highest BCUT2D eigenvalue weighted by molar-refractivity contribution is 6.29. The Morgan fingerprint density at radius 1 is 1.05 bits per heavy atom. The van der Waals surface area contributed by atoms with E-state index in [1.165, 1.54) is 5.56 Å². The fraction of sp³-hybridized carbons (Fsp3) is 0.389. The van der Waals surface area contributed by atoms with E-state index in [0.717, 1.165) is 32.0 Å². The highest BCUT2D eigenvalue weighted by Crippen LogP contribution is 2.26. The first-order valence-electron chi connectivity index (χ1n) is 7.71. The minimum Gasteiger partial charge on any atom is -0.353 e.